The largest absolute Gasteiger partial charge is 0.508 e. The van der Waals surface area contributed by atoms with Crippen LogP contribution in [0.4, 0.5) is 14.9 Å². The lowest BCUT2D eigenvalue weighted by molar-refractivity contribution is -0.127. The van der Waals surface area contributed by atoms with Gasteiger partial charge in [0.05, 0.1) is 9.93 Å². The Bertz CT molecular complexity index is 980. The van der Waals surface area contributed by atoms with Gasteiger partial charge in [0.25, 0.3) is 11.1 Å². The number of carbonyl (C=O) groups is 3. The molecule has 1 aliphatic rings. The number of nitrogens with zero attached hydrogens (tertiary/aromatic N) is 1. The number of benzene rings is 2. The summed E-state index contributed by atoms with van der Waals surface area (Å²) in [5.74, 6) is -1.84. The highest BCUT2D eigenvalue weighted by atomic mass is 35.5. The molecule has 0 unspecified atom stereocenters. The van der Waals surface area contributed by atoms with Gasteiger partial charge in [-0.25, -0.2) is 4.39 Å². The highest BCUT2D eigenvalue weighted by Gasteiger charge is 2.36. The molecule has 27 heavy (non-hydrogen) atoms. The van der Waals surface area contributed by atoms with Gasteiger partial charge in [0.1, 0.15) is 18.1 Å². The lowest BCUT2D eigenvalue weighted by atomic mass is 10.2. The Morgan fingerprint density at radius 3 is 2.74 bits per heavy atom. The van der Waals surface area contributed by atoms with E-state index in [1.54, 1.807) is 12.1 Å². The number of aromatic hydroxyl groups is 1. The van der Waals surface area contributed by atoms with Gasteiger partial charge < -0.3 is 10.4 Å². The zero-order chi connectivity index (χ0) is 19.6. The third-order valence-electron chi connectivity index (χ3n) is 3.55. The van der Waals surface area contributed by atoms with Crippen LogP contribution in [0.15, 0.2) is 47.4 Å². The van der Waals surface area contributed by atoms with E-state index in [1.807, 2.05) is 0 Å². The first-order valence-corrected chi connectivity index (χ1v) is 8.82. The number of nitrogens with one attached hydrogen (secondary N) is 1. The molecular formula is C18H12ClFN2O4S. The minimum Gasteiger partial charge on any atom is -0.508 e. The van der Waals surface area contributed by atoms with Gasteiger partial charge in [-0.2, -0.15) is 0 Å². The van der Waals surface area contributed by atoms with Crippen LogP contribution >= 0.6 is 23.4 Å². The van der Waals surface area contributed by atoms with Crippen molar-refractivity contribution >= 4 is 52.2 Å². The molecule has 2 N–H and O–H groups in total. The molecule has 1 aliphatic heterocycles. The summed E-state index contributed by atoms with van der Waals surface area (Å²) in [5, 5.41) is 11.2. The first-order chi connectivity index (χ1) is 12.8. The topological polar surface area (TPSA) is 86.7 Å². The first-order valence-electron chi connectivity index (χ1n) is 7.63. The normalized spacial score (nSPS) is 15.5. The van der Waals surface area contributed by atoms with Crippen molar-refractivity contribution < 1.29 is 23.9 Å². The third-order valence-corrected chi connectivity index (χ3v) is 4.74. The van der Waals surface area contributed by atoms with E-state index in [9.17, 15) is 23.9 Å². The number of anilines is 1. The molecule has 3 amide bonds. The maximum atomic E-state index is 13.1. The van der Waals surface area contributed by atoms with Gasteiger partial charge in [-0.05, 0) is 53.7 Å². The fraction of sp³-hybridized carbons (Fsp3) is 0.0556. The molecule has 0 atom stereocenters. The summed E-state index contributed by atoms with van der Waals surface area (Å²) in [7, 11) is 0. The quantitative estimate of drug-likeness (QED) is 0.753. The van der Waals surface area contributed by atoms with E-state index in [4.69, 9.17) is 11.6 Å². The van der Waals surface area contributed by atoms with Crippen LogP contribution in [0.2, 0.25) is 5.02 Å². The van der Waals surface area contributed by atoms with Crippen molar-refractivity contribution in [2.24, 2.45) is 0 Å². The Morgan fingerprint density at radius 1 is 1.26 bits per heavy atom. The maximum absolute atomic E-state index is 13.1. The summed E-state index contributed by atoms with van der Waals surface area (Å²) in [6.45, 7) is -0.489. The second kappa shape index (κ2) is 7.81. The number of rotatable bonds is 4. The van der Waals surface area contributed by atoms with E-state index in [1.165, 1.54) is 30.3 Å². The lowest BCUT2D eigenvalue weighted by Gasteiger charge is -2.12. The van der Waals surface area contributed by atoms with Gasteiger partial charge in [0.15, 0.2) is 0 Å². The predicted octanol–water partition coefficient (Wildman–Crippen LogP) is 3.86. The number of phenolic OH excluding ortho intramolecular Hbond substituents is 1. The van der Waals surface area contributed by atoms with E-state index >= 15 is 0 Å². The average molecular weight is 407 g/mol. The summed E-state index contributed by atoms with van der Waals surface area (Å²) >= 11 is 6.35. The lowest BCUT2D eigenvalue weighted by Crippen LogP contribution is -2.36. The van der Waals surface area contributed by atoms with E-state index in [2.05, 4.69) is 5.32 Å². The van der Waals surface area contributed by atoms with Crippen molar-refractivity contribution in [1.82, 2.24) is 4.90 Å². The van der Waals surface area contributed by atoms with E-state index in [-0.39, 0.29) is 21.4 Å². The molecule has 0 radical (unpaired) electrons. The summed E-state index contributed by atoms with van der Waals surface area (Å²) in [6.07, 6.45) is 1.46. The Morgan fingerprint density at radius 2 is 2.04 bits per heavy atom. The second-order valence-corrected chi connectivity index (χ2v) is 6.94. The number of hydrogen-bond acceptors (Lipinski definition) is 5. The van der Waals surface area contributed by atoms with Crippen LogP contribution in [0.3, 0.4) is 0 Å². The molecule has 1 heterocycles. The van der Waals surface area contributed by atoms with Crippen molar-refractivity contribution in [3.05, 3.63) is 63.8 Å². The molecule has 2 aromatic carbocycles. The van der Waals surface area contributed by atoms with E-state index < -0.39 is 29.4 Å². The molecule has 0 aromatic heterocycles. The first kappa shape index (κ1) is 18.9. The fourth-order valence-electron chi connectivity index (χ4n) is 2.32. The number of hydrogen-bond donors (Lipinski definition) is 2. The molecule has 6 nitrogen and oxygen atoms in total. The van der Waals surface area contributed by atoms with Crippen molar-refractivity contribution in [1.29, 1.82) is 0 Å². The molecule has 1 saturated heterocycles. The molecule has 0 spiro atoms. The Kier molecular flexibility index (Phi) is 5.48. The smallest absolute Gasteiger partial charge is 0.294 e. The minimum atomic E-state index is -0.627. The number of imide groups is 1. The molecule has 0 bridgehead atoms. The maximum Gasteiger partial charge on any atom is 0.294 e. The zero-order valence-electron chi connectivity index (χ0n) is 13.6. The zero-order valence-corrected chi connectivity index (χ0v) is 15.2. The molecule has 2 aromatic rings. The summed E-state index contributed by atoms with van der Waals surface area (Å²) < 4.78 is 13.1. The van der Waals surface area contributed by atoms with Crippen molar-refractivity contribution in [3.63, 3.8) is 0 Å². The van der Waals surface area contributed by atoms with Crippen LogP contribution in [-0.4, -0.2) is 33.6 Å². The standard InChI is InChI=1S/C18H12ClFN2O4S/c19-13-8-11(4-5-14(13)20)21-16(24)9-22-17(25)15(27-18(22)26)7-10-2-1-3-12(23)6-10/h1-8,23H,9H2,(H,21,24)/b15-7+. The summed E-state index contributed by atoms with van der Waals surface area (Å²) in [4.78, 5) is 37.5. The molecule has 0 saturated carbocycles. The van der Waals surface area contributed by atoms with Gasteiger partial charge in [-0.3, -0.25) is 19.3 Å². The Balaban J connectivity index is 1.69. The summed E-state index contributed by atoms with van der Waals surface area (Å²) in [6, 6.07) is 9.83. The van der Waals surface area contributed by atoms with E-state index in [0.29, 0.717) is 17.3 Å². The molecule has 138 valence electrons. The van der Waals surface area contributed by atoms with Crippen LogP contribution in [0.25, 0.3) is 6.08 Å². The molecular weight excluding hydrogens is 395 g/mol. The molecule has 0 aliphatic carbocycles. The van der Waals surface area contributed by atoms with Crippen LogP contribution in [0.5, 0.6) is 5.75 Å². The third kappa shape index (κ3) is 4.47. The average Bonchev–Trinajstić information content (AvgIpc) is 2.86. The van der Waals surface area contributed by atoms with Crippen LogP contribution in [0.1, 0.15) is 5.56 Å². The van der Waals surface area contributed by atoms with Crippen LogP contribution in [-0.2, 0) is 9.59 Å². The number of halogens is 2. The van der Waals surface area contributed by atoms with Gasteiger partial charge in [-0.1, -0.05) is 23.7 Å². The minimum absolute atomic E-state index is 0.0281. The van der Waals surface area contributed by atoms with Gasteiger partial charge in [0, 0.05) is 5.69 Å². The van der Waals surface area contributed by atoms with Gasteiger partial charge >= 0.3 is 0 Å². The number of amides is 3. The van der Waals surface area contributed by atoms with Crippen molar-refractivity contribution in [2.45, 2.75) is 0 Å². The van der Waals surface area contributed by atoms with Crippen LogP contribution in [0, 0.1) is 5.82 Å². The summed E-state index contributed by atoms with van der Waals surface area (Å²) in [5.41, 5.74) is 0.791. The Labute approximate surface area is 162 Å². The highest BCUT2D eigenvalue weighted by Crippen LogP contribution is 2.32. The van der Waals surface area contributed by atoms with Gasteiger partial charge in [0.2, 0.25) is 5.91 Å². The fourth-order valence-corrected chi connectivity index (χ4v) is 3.34. The Hall–Kier alpha value is -2.84. The monoisotopic (exact) mass is 406 g/mol. The molecule has 3 rings (SSSR count). The van der Waals surface area contributed by atoms with Crippen molar-refractivity contribution in [3.8, 4) is 5.75 Å². The van der Waals surface area contributed by atoms with Crippen LogP contribution < -0.4 is 5.32 Å². The van der Waals surface area contributed by atoms with E-state index in [0.717, 1.165) is 11.0 Å². The molecule has 1 fully saturated rings. The number of carbonyl (C=O) groups excluding carboxylic acids is 3. The SMILES string of the molecule is O=C(CN1C(=O)S/C(=C/c2cccc(O)c2)C1=O)Nc1ccc(F)c(Cl)c1. The second-order valence-electron chi connectivity index (χ2n) is 5.54. The predicted molar refractivity (Wildman–Crippen MR) is 101 cm³/mol. The van der Waals surface area contributed by atoms with Crippen molar-refractivity contribution in [2.75, 3.05) is 11.9 Å². The highest BCUT2D eigenvalue weighted by molar-refractivity contribution is 8.18. The number of thioether (sulfide) groups is 1. The van der Waals surface area contributed by atoms with Gasteiger partial charge in [-0.15, -0.1) is 0 Å². The molecule has 9 heteroatoms. The number of phenols is 1.